The summed E-state index contributed by atoms with van der Waals surface area (Å²) in [4.78, 5) is 21.3. The molecule has 26 heavy (non-hydrogen) atoms. The van der Waals surface area contributed by atoms with E-state index in [9.17, 15) is 4.79 Å². The predicted molar refractivity (Wildman–Crippen MR) is 97.6 cm³/mol. The van der Waals surface area contributed by atoms with Crippen LogP contribution in [0.1, 0.15) is 31.4 Å². The van der Waals surface area contributed by atoms with Crippen molar-refractivity contribution in [1.29, 1.82) is 0 Å². The molecular formula is C20H29N3O3. The third-order valence-electron chi connectivity index (χ3n) is 6.09. The summed E-state index contributed by atoms with van der Waals surface area (Å²) in [6.45, 7) is 6.81. The quantitative estimate of drug-likeness (QED) is 0.819. The van der Waals surface area contributed by atoms with Crippen LogP contribution in [0.3, 0.4) is 0 Å². The first-order valence-electron chi connectivity index (χ1n) is 9.82. The normalized spacial score (nSPS) is 27.0. The molecule has 3 aliphatic heterocycles. The van der Waals surface area contributed by atoms with Gasteiger partial charge in [0.2, 0.25) is 5.91 Å². The lowest BCUT2D eigenvalue weighted by molar-refractivity contribution is -0.140. The number of rotatable bonds is 4. The Bertz CT molecular complexity index is 596. The molecule has 6 heteroatoms. The van der Waals surface area contributed by atoms with E-state index < -0.39 is 0 Å². The topological polar surface area (TPSA) is 54.9 Å². The van der Waals surface area contributed by atoms with Crippen LogP contribution in [0.4, 0.5) is 0 Å². The van der Waals surface area contributed by atoms with Crippen LogP contribution in [-0.4, -0.2) is 72.8 Å². The maximum absolute atomic E-state index is 12.4. The second-order valence-electron chi connectivity index (χ2n) is 7.94. The standard InChI is InChI=1S/C20H29N3O3/c24-19-4-5-20(16-23(19)13-17-3-1-2-8-21-17)6-9-22(10-7-20)14-18-15-25-11-12-26-18/h1-3,8,18H,4-7,9-16H2/t18-/m1/s1. The fourth-order valence-corrected chi connectivity index (χ4v) is 4.48. The minimum atomic E-state index is 0.214. The Kier molecular flexibility index (Phi) is 5.52. The van der Waals surface area contributed by atoms with Crippen molar-refractivity contribution in [3.8, 4) is 0 Å². The van der Waals surface area contributed by atoms with Crippen molar-refractivity contribution in [2.24, 2.45) is 5.41 Å². The monoisotopic (exact) mass is 359 g/mol. The number of hydrogen-bond donors (Lipinski definition) is 0. The van der Waals surface area contributed by atoms with Gasteiger partial charge in [-0.05, 0) is 49.9 Å². The van der Waals surface area contributed by atoms with E-state index in [4.69, 9.17) is 9.47 Å². The number of pyridine rings is 1. The Morgan fingerprint density at radius 2 is 2.08 bits per heavy atom. The van der Waals surface area contributed by atoms with Crippen LogP contribution < -0.4 is 0 Å². The zero-order chi connectivity index (χ0) is 17.8. The minimum absolute atomic E-state index is 0.214. The SMILES string of the molecule is O=C1CCC2(CCN(C[C@@H]3COCCO3)CC2)CN1Cc1ccccn1. The summed E-state index contributed by atoms with van der Waals surface area (Å²) in [7, 11) is 0. The highest BCUT2D eigenvalue weighted by Gasteiger charge is 2.41. The van der Waals surface area contributed by atoms with Crippen LogP contribution in [-0.2, 0) is 20.8 Å². The third-order valence-corrected chi connectivity index (χ3v) is 6.09. The van der Waals surface area contributed by atoms with Gasteiger partial charge in [-0.3, -0.25) is 9.78 Å². The van der Waals surface area contributed by atoms with Gasteiger partial charge in [-0.25, -0.2) is 0 Å². The number of aromatic nitrogens is 1. The molecule has 3 aliphatic rings. The average Bonchev–Trinajstić information content (AvgIpc) is 2.69. The van der Waals surface area contributed by atoms with Gasteiger partial charge in [0, 0.05) is 25.7 Å². The highest BCUT2D eigenvalue weighted by molar-refractivity contribution is 5.77. The molecule has 1 amide bonds. The Morgan fingerprint density at radius 1 is 1.19 bits per heavy atom. The largest absolute Gasteiger partial charge is 0.376 e. The van der Waals surface area contributed by atoms with Crippen LogP contribution in [0.15, 0.2) is 24.4 Å². The second-order valence-corrected chi connectivity index (χ2v) is 7.94. The molecule has 1 spiro atoms. The fourth-order valence-electron chi connectivity index (χ4n) is 4.48. The lowest BCUT2D eigenvalue weighted by Gasteiger charge is -2.48. The highest BCUT2D eigenvalue weighted by atomic mass is 16.6. The van der Waals surface area contributed by atoms with Crippen LogP contribution in [0.5, 0.6) is 0 Å². The first-order chi connectivity index (χ1) is 12.7. The summed E-state index contributed by atoms with van der Waals surface area (Å²) in [5, 5.41) is 0. The predicted octanol–water partition coefficient (Wildman–Crippen LogP) is 1.70. The zero-order valence-corrected chi connectivity index (χ0v) is 15.4. The molecule has 1 aromatic heterocycles. The van der Waals surface area contributed by atoms with Gasteiger partial charge in [0.25, 0.3) is 0 Å². The summed E-state index contributed by atoms with van der Waals surface area (Å²) in [5.41, 5.74) is 1.26. The molecule has 142 valence electrons. The van der Waals surface area contributed by atoms with E-state index in [0.717, 1.165) is 57.7 Å². The molecule has 4 heterocycles. The van der Waals surface area contributed by atoms with E-state index in [1.54, 1.807) is 6.20 Å². The minimum Gasteiger partial charge on any atom is -0.376 e. The van der Waals surface area contributed by atoms with Crippen LogP contribution in [0, 0.1) is 5.41 Å². The Morgan fingerprint density at radius 3 is 2.81 bits per heavy atom. The Balaban J connectivity index is 1.32. The van der Waals surface area contributed by atoms with E-state index in [1.807, 2.05) is 23.1 Å². The Labute approximate surface area is 155 Å². The number of ether oxygens (including phenoxy) is 2. The van der Waals surface area contributed by atoms with Gasteiger partial charge < -0.3 is 19.3 Å². The molecule has 0 N–H and O–H groups in total. The van der Waals surface area contributed by atoms with Gasteiger partial charge in [-0.15, -0.1) is 0 Å². The van der Waals surface area contributed by atoms with Crippen LogP contribution in [0.2, 0.25) is 0 Å². The van der Waals surface area contributed by atoms with Crippen LogP contribution >= 0.6 is 0 Å². The fraction of sp³-hybridized carbons (Fsp3) is 0.700. The summed E-state index contributed by atoms with van der Waals surface area (Å²) in [6, 6.07) is 5.91. The van der Waals surface area contributed by atoms with Gasteiger partial charge in [0.05, 0.1) is 38.2 Å². The molecule has 0 aliphatic carbocycles. The molecule has 0 unspecified atom stereocenters. The smallest absolute Gasteiger partial charge is 0.222 e. The number of amides is 1. The molecular weight excluding hydrogens is 330 g/mol. The first kappa shape index (κ1) is 17.9. The van der Waals surface area contributed by atoms with Crippen molar-refractivity contribution >= 4 is 5.91 Å². The molecule has 1 atom stereocenters. The summed E-state index contributed by atoms with van der Waals surface area (Å²) in [6.07, 6.45) is 6.04. The molecule has 4 rings (SSSR count). The lowest BCUT2D eigenvalue weighted by Crippen LogP contribution is -2.52. The van der Waals surface area contributed by atoms with Gasteiger partial charge >= 0.3 is 0 Å². The summed E-state index contributed by atoms with van der Waals surface area (Å²) < 4.78 is 11.3. The van der Waals surface area contributed by atoms with Crippen molar-refractivity contribution in [2.75, 3.05) is 46.0 Å². The molecule has 0 radical (unpaired) electrons. The molecule has 3 saturated heterocycles. The van der Waals surface area contributed by atoms with E-state index >= 15 is 0 Å². The van der Waals surface area contributed by atoms with Gasteiger partial charge in [0.1, 0.15) is 0 Å². The highest BCUT2D eigenvalue weighted by Crippen LogP contribution is 2.40. The maximum atomic E-state index is 12.4. The van der Waals surface area contributed by atoms with Crippen molar-refractivity contribution in [3.63, 3.8) is 0 Å². The van der Waals surface area contributed by atoms with Gasteiger partial charge in [0.15, 0.2) is 0 Å². The summed E-state index contributed by atoms with van der Waals surface area (Å²) in [5.74, 6) is 0.275. The van der Waals surface area contributed by atoms with Crippen molar-refractivity contribution in [3.05, 3.63) is 30.1 Å². The number of carbonyl (C=O) groups excluding carboxylic acids is 1. The number of hydrogen-bond acceptors (Lipinski definition) is 5. The number of piperidine rings is 2. The van der Waals surface area contributed by atoms with Crippen molar-refractivity contribution in [2.45, 2.75) is 38.3 Å². The number of likely N-dealkylation sites (tertiary alicyclic amines) is 2. The number of carbonyl (C=O) groups is 1. The molecule has 3 fully saturated rings. The second kappa shape index (κ2) is 8.03. The van der Waals surface area contributed by atoms with E-state index in [1.165, 1.54) is 0 Å². The van der Waals surface area contributed by atoms with Gasteiger partial charge in [-0.2, -0.15) is 0 Å². The summed E-state index contributed by atoms with van der Waals surface area (Å²) >= 11 is 0. The van der Waals surface area contributed by atoms with Crippen molar-refractivity contribution < 1.29 is 14.3 Å². The molecule has 6 nitrogen and oxygen atoms in total. The molecule has 1 aromatic rings. The van der Waals surface area contributed by atoms with Gasteiger partial charge in [-0.1, -0.05) is 6.07 Å². The average molecular weight is 359 g/mol. The van der Waals surface area contributed by atoms with E-state index in [2.05, 4.69) is 9.88 Å². The lowest BCUT2D eigenvalue weighted by atomic mass is 9.72. The third kappa shape index (κ3) is 4.24. The van der Waals surface area contributed by atoms with Crippen LogP contribution in [0.25, 0.3) is 0 Å². The molecule has 0 aromatic carbocycles. The number of nitrogens with zero attached hydrogens (tertiary/aromatic N) is 3. The van der Waals surface area contributed by atoms with Crippen molar-refractivity contribution in [1.82, 2.24) is 14.8 Å². The zero-order valence-electron chi connectivity index (χ0n) is 15.4. The maximum Gasteiger partial charge on any atom is 0.222 e. The Hall–Kier alpha value is -1.50. The van der Waals surface area contributed by atoms with E-state index in [-0.39, 0.29) is 17.4 Å². The molecule has 0 bridgehead atoms. The first-order valence-corrected chi connectivity index (χ1v) is 9.82. The van der Waals surface area contributed by atoms with E-state index in [0.29, 0.717) is 26.2 Å². The molecule has 0 saturated carbocycles.